The Hall–Kier alpha value is -1.72. The lowest BCUT2D eigenvalue weighted by Gasteiger charge is -1.99. The van der Waals surface area contributed by atoms with Gasteiger partial charge >= 0.3 is 0 Å². The number of hydrogen-bond acceptors (Lipinski definition) is 2. The van der Waals surface area contributed by atoms with E-state index in [9.17, 15) is 4.79 Å². The first-order valence-corrected chi connectivity index (χ1v) is 8.63. The molecule has 1 amide bonds. The molecule has 0 bridgehead atoms. The van der Waals surface area contributed by atoms with Gasteiger partial charge in [0.05, 0.1) is 15.8 Å². The lowest BCUT2D eigenvalue weighted by molar-refractivity contribution is 0.0997. The van der Waals surface area contributed by atoms with Crippen LogP contribution in [0.3, 0.4) is 0 Å². The van der Waals surface area contributed by atoms with Gasteiger partial charge in [0.2, 0.25) is 0 Å². The molecule has 0 spiro atoms. The molecule has 0 saturated carbocycles. The predicted molar refractivity (Wildman–Crippen MR) is 94.2 cm³/mol. The number of thiazole rings is 1. The molecule has 2 aromatic carbocycles. The molecule has 0 fully saturated rings. The molecule has 0 saturated heterocycles. The summed E-state index contributed by atoms with van der Waals surface area (Å²) in [6.07, 6.45) is 1.000. The summed E-state index contributed by atoms with van der Waals surface area (Å²) in [6.45, 7) is 2.14. The molecule has 3 aromatic rings. The number of aryl methyl sites for hydroxylation is 2. The molecule has 0 unspecified atom stereocenters. The van der Waals surface area contributed by atoms with Gasteiger partial charge in [0.25, 0.3) is 5.91 Å². The van der Waals surface area contributed by atoms with Gasteiger partial charge in [0.1, 0.15) is 0 Å². The number of hydrogen-bond donors (Lipinski definition) is 0. The second kappa shape index (κ2) is 6.18. The normalized spacial score (nSPS) is 12.0. The maximum Gasteiger partial charge on any atom is 0.280 e. The van der Waals surface area contributed by atoms with Gasteiger partial charge in [-0.05, 0) is 52.2 Å². The van der Waals surface area contributed by atoms with Gasteiger partial charge in [-0.15, -0.1) is 0 Å². The van der Waals surface area contributed by atoms with Crippen LogP contribution in [0.2, 0.25) is 0 Å². The summed E-state index contributed by atoms with van der Waals surface area (Å²) >= 11 is 4.94. The molecular weight excluding hydrogens is 360 g/mol. The molecule has 1 aromatic heterocycles. The number of rotatable bonds is 2. The summed E-state index contributed by atoms with van der Waals surface area (Å²) in [5.74, 6) is -0.231. The van der Waals surface area contributed by atoms with Crippen LogP contribution in [-0.4, -0.2) is 10.5 Å². The molecule has 0 N–H and O–H groups in total. The average Bonchev–Trinajstić information content (AvgIpc) is 2.83. The summed E-state index contributed by atoms with van der Waals surface area (Å²) in [4.78, 5) is 17.4. The van der Waals surface area contributed by atoms with Gasteiger partial charge in [-0.1, -0.05) is 36.5 Å². The highest BCUT2D eigenvalue weighted by molar-refractivity contribution is 9.10. The van der Waals surface area contributed by atoms with E-state index >= 15 is 0 Å². The number of fused-ring (bicyclic) bond motifs is 1. The first-order chi connectivity index (χ1) is 10.6. The lowest BCUT2D eigenvalue weighted by atomic mass is 10.2. The van der Waals surface area contributed by atoms with E-state index in [1.807, 2.05) is 29.8 Å². The smallest absolute Gasteiger partial charge is 0.280 e. The van der Waals surface area contributed by atoms with Crippen molar-refractivity contribution >= 4 is 43.4 Å². The van der Waals surface area contributed by atoms with Crippen molar-refractivity contribution in [2.24, 2.45) is 12.0 Å². The van der Waals surface area contributed by atoms with E-state index in [-0.39, 0.29) is 5.91 Å². The van der Waals surface area contributed by atoms with E-state index in [1.165, 1.54) is 5.56 Å². The molecule has 0 aliphatic rings. The van der Waals surface area contributed by atoms with E-state index in [4.69, 9.17) is 0 Å². The molecule has 0 aliphatic heterocycles. The molecule has 0 aliphatic carbocycles. The van der Waals surface area contributed by atoms with Crippen molar-refractivity contribution in [3.05, 3.63) is 62.9 Å². The Morgan fingerprint density at radius 3 is 2.77 bits per heavy atom. The summed E-state index contributed by atoms with van der Waals surface area (Å²) < 4.78 is 3.88. The van der Waals surface area contributed by atoms with Crippen LogP contribution >= 0.6 is 27.3 Å². The van der Waals surface area contributed by atoms with Crippen LogP contribution in [0.25, 0.3) is 10.2 Å². The number of amides is 1. The zero-order valence-corrected chi connectivity index (χ0v) is 14.7. The van der Waals surface area contributed by atoms with Crippen LogP contribution in [0, 0.1) is 0 Å². The fourth-order valence-corrected chi connectivity index (χ4v) is 3.82. The zero-order valence-electron chi connectivity index (χ0n) is 12.3. The van der Waals surface area contributed by atoms with Crippen molar-refractivity contribution in [3.8, 4) is 0 Å². The fraction of sp³-hybridized carbons (Fsp3) is 0.176. The Morgan fingerprint density at radius 1 is 1.27 bits per heavy atom. The van der Waals surface area contributed by atoms with Crippen molar-refractivity contribution in [3.63, 3.8) is 0 Å². The Labute approximate surface area is 141 Å². The van der Waals surface area contributed by atoms with Crippen LogP contribution in [0.5, 0.6) is 0 Å². The molecule has 0 atom stereocenters. The highest BCUT2D eigenvalue weighted by Gasteiger charge is 2.10. The molecule has 5 heteroatoms. The van der Waals surface area contributed by atoms with Crippen molar-refractivity contribution in [2.75, 3.05) is 0 Å². The fourth-order valence-electron chi connectivity index (χ4n) is 2.29. The Balaban J connectivity index is 2.11. The second-order valence-corrected chi connectivity index (χ2v) is 6.86. The number of carbonyl (C=O) groups excluding carboxylic acids is 1. The quantitative estimate of drug-likeness (QED) is 0.658. The Bertz CT molecular complexity index is 924. The summed E-state index contributed by atoms with van der Waals surface area (Å²) in [5, 5.41) is 0. The molecule has 3 rings (SSSR count). The van der Waals surface area contributed by atoms with Crippen molar-refractivity contribution in [1.82, 2.24) is 4.57 Å². The molecule has 1 heterocycles. The van der Waals surface area contributed by atoms with Gasteiger partial charge in [-0.2, -0.15) is 4.99 Å². The third-order valence-corrected chi connectivity index (χ3v) is 5.37. The molecule has 112 valence electrons. The predicted octanol–water partition coefficient (Wildman–Crippen LogP) is 4.31. The number of benzene rings is 2. The summed E-state index contributed by atoms with van der Waals surface area (Å²) in [7, 11) is 1.94. The topological polar surface area (TPSA) is 34.4 Å². The van der Waals surface area contributed by atoms with Gasteiger partial charge in [0.15, 0.2) is 4.80 Å². The van der Waals surface area contributed by atoms with E-state index in [0.29, 0.717) is 10.4 Å². The number of aromatic nitrogens is 1. The van der Waals surface area contributed by atoms with Gasteiger partial charge in [0, 0.05) is 11.5 Å². The van der Waals surface area contributed by atoms with E-state index in [1.54, 1.807) is 17.4 Å². The maximum atomic E-state index is 12.4. The van der Waals surface area contributed by atoms with Crippen molar-refractivity contribution < 1.29 is 4.79 Å². The van der Waals surface area contributed by atoms with Crippen LogP contribution in [-0.2, 0) is 13.5 Å². The largest absolute Gasteiger partial charge is 0.319 e. The average molecular weight is 375 g/mol. The highest BCUT2D eigenvalue weighted by atomic mass is 79.9. The Morgan fingerprint density at radius 2 is 2.05 bits per heavy atom. The second-order valence-electron chi connectivity index (χ2n) is 5.00. The van der Waals surface area contributed by atoms with E-state index in [2.05, 4.69) is 46.0 Å². The number of nitrogens with zero attached hydrogens (tertiary/aromatic N) is 2. The molecule has 0 radical (unpaired) electrons. The lowest BCUT2D eigenvalue weighted by Crippen LogP contribution is -2.13. The third-order valence-electron chi connectivity index (χ3n) is 3.58. The summed E-state index contributed by atoms with van der Waals surface area (Å²) in [5.41, 5.74) is 2.97. The Kier molecular flexibility index (Phi) is 4.27. The standard InChI is InChI=1S/C17H15BrN2OS/c1-3-11-8-9-14-15(10-11)22-17(20(14)2)19-16(21)12-6-4-5-7-13(12)18/h4-10H,3H2,1-2H3. The number of carbonyl (C=O) groups is 1. The minimum atomic E-state index is -0.231. The van der Waals surface area contributed by atoms with Crippen LogP contribution < -0.4 is 4.80 Å². The maximum absolute atomic E-state index is 12.4. The van der Waals surface area contributed by atoms with Crippen LogP contribution in [0.1, 0.15) is 22.8 Å². The highest BCUT2D eigenvalue weighted by Crippen LogP contribution is 2.20. The van der Waals surface area contributed by atoms with Crippen molar-refractivity contribution in [2.45, 2.75) is 13.3 Å². The first-order valence-electron chi connectivity index (χ1n) is 7.02. The minimum Gasteiger partial charge on any atom is -0.319 e. The molecule has 3 nitrogen and oxygen atoms in total. The molecule has 22 heavy (non-hydrogen) atoms. The van der Waals surface area contributed by atoms with Crippen molar-refractivity contribution in [1.29, 1.82) is 0 Å². The molecular formula is C17H15BrN2OS. The number of halogens is 1. The van der Waals surface area contributed by atoms with E-state index in [0.717, 1.165) is 21.1 Å². The monoisotopic (exact) mass is 374 g/mol. The van der Waals surface area contributed by atoms with Crippen LogP contribution in [0.4, 0.5) is 0 Å². The van der Waals surface area contributed by atoms with Gasteiger partial charge in [-0.25, -0.2) is 0 Å². The van der Waals surface area contributed by atoms with E-state index < -0.39 is 0 Å². The third kappa shape index (κ3) is 2.78. The zero-order chi connectivity index (χ0) is 15.7. The van der Waals surface area contributed by atoms with Gasteiger partial charge < -0.3 is 4.57 Å². The van der Waals surface area contributed by atoms with Gasteiger partial charge in [-0.3, -0.25) is 4.79 Å². The SMILES string of the molecule is CCc1ccc2c(c1)sc(=NC(=O)c1ccccc1Br)n2C. The first kappa shape index (κ1) is 15.2. The summed E-state index contributed by atoms with van der Waals surface area (Å²) in [6, 6.07) is 13.7. The van der Waals surface area contributed by atoms with Crippen LogP contribution in [0.15, 0.2) is 51.9 Å². The minimum absolute atomic E-state index is 0.231.